The molecule has 140 valence electrons. The molecule has 1 N–H and O–H groups in total. The lowest BCUT2D eigenvalue weighted by atomic mass is 9.91. The Bertz CT molecular complexity index is 801. The number of hydrogen-bond acceptors (Lipinski definition) is 5. The molecule has 0 aliphatic heterocycles. The summed E-state index contributed by atoms with van der Waals surface area (Å²) in [5, 5.41) is 3.99. The van der Waals surface area contributed by atoms with Crippen molar-refractivity contribution in [2.45, 2.75) is 44.6 Å². The first-order valence-electron chi connectivity index (χ1n) is 8.72. The van der Waals surface area contributed by atoms with Crippen molar-refractivity contribution >= 4 is 22.6 Å². The van der Waals surface area contributed by atoms with E-state index in [1.54, 1.807) is 26.2 Å². The highest BCUT2D eigenvalue weighted by Crippen LogP contribution is 2.37. The number of carbonyl (C=O) groups is 1. The van der Waals surface area contributed by atoms with E-state index in [9.17, 15) is 13.6 Å². The normalized spacial score (nSPS) is 17.1. The number of hydrogen-bond donors (Lipinski definition) is 1. The molecule has 1 heterocycles. The number of anilines is 1. The van der Waals surface area contributed by atoms with Crippen molar-refractivity contribution in [3.63, 3.8) is 0 Å². The molecular formula is C19H22F2N2O3. The highest BCUT2D eigenvalue weighted by molar-refractivity contribution is 6.06. The first kappa shape index (κ1) is 18.4. The van der Waals surface area contributed by atoms with Gasteiger partial charge in [-0.1, -0.05) is 12.1 Å². The SMILES string of the molecule is CCOC(=O)c1cnc2c(OC)cccc2c1NC1CCC(F)(F)CC1. The predicted molar refractivity (Wildman–Crippen MR) is 95.1 cm³/mol. The third kappa shape index (κ3) is 3.71. The number of alkyl halides is 2. The molecule has 0 radical (unpaired) electrons. The van der Waals surface area contributed by atoms with Crippen LogP contribution in [-0.4, -0.2) is 36.6 Å². The lowest BCUT2D eigenvalue weighted by Gasteiger charge is -2.30. The number of methoxy groups -OCH3 is 1. The summed E-state index contributed by atoms with van der Waals surface area (Å²) in [6.45, 7) is 1.97. The minimum Gasteiger partial charge on any atom is -0.494 e. The molecule has 0 unspecified atom stereocenters. The van der Waals surface area contributed by atoms with Crippen LogP contribution >= 0.6 is 0 Å². The molecule has 26 heavy (non-hydrogen) atoms. The van der Waals surface area contributed by atoms with Gasteiger partial charge in [0.25, 0.3) is 0 Å². The zero-order chi connectivity index (χ0) is 18.7. The topological polar surface area (TPSA) is 60.5 Å². The molecule has 1 aromatic carbocycles. The maximum atomic E-state index is 13.4. The molecule has 1 aliphatic carbocycles. The van der Waals surface area contributed by atoms with E-state index in [1.165, 1.54) is 6.20 Å². The summed E-state index contributed by atoms with van der Waals surface area (Å²) in [5.74, 6) is -2.52. The van der Waals surface area contributed by atoms with E-state index < -0.39 is 11.9 Å². The molecule has 5 nitrogen and oxygen atoms in total. The highest BCUT2D eigenvalue weighted by atomic mass is 19.3. The fourth-order valence-electron chi connectivity index (χ4n) is 3.27. The lowest BCUT2D eigenvalue weighted by molar-refractivity contribution is -0.0361. The molecule has 1 aromatic heterocycles. The van der Waals surface area contributed by atoms with Crippen molar-refractivity contribution < 1.29 is 23.0 Å². The number of esters is 1. The van der Waals surface area contributed by atoms with E-state index in [1.807, 2.05) is 6.07 Å². The van der Waals surface area contributed by atoms with E-state index in [0.29, 0.717) is 40.7 Å². The quantitative estimate of drug-likeness (QED) is 0.797. The van der Waals surface area contributed by atoms with Crippen LogP contribution in [0.5, 0.6) is 5.75 Å². The Balaban J connectivity index is 2.01. The van der Waals surface area contributed by atoms with E-state index in [2.05, 4.69) is 10.3 Å². The fraction of sp³-hybridized carbons (Fsp3) is 0.474. The van der Waals surface area contributed by atoms with Gasteiger partial charge in [-0.15, -0.1) is 0 Å². The Hall–Kier alpha value is -2.44. The van der Waals surface area contributed by atoms with Crippen molar-refractivity contribution in [2.75, 3.05) is 19.0 Å². The Morgan fingerprint density at radius 1 is 1.35 bits per heavy atom. The first-order chi connectivity index (χ1) is 12.4. The summed E-state index contributed by atoms with van der Waals surface area (Å²) in [6, 6.07) is 5.27. The van der Waals surface area contributed by atoms with Gasteiger partial charge in [-0.05, 0) is 25.8 Å². The number of pyridine rings is 1. The summed E-state index contributed by atoms with van der Waals surface area (Å²) in [4.78, 5) is 16.7. The van der Waals surface area contributed by atoms with E-state index >= 15 is 0 Å². The first-order valence-corrected chi connectivity index (χ1v) is 8.72. The molecule has 0 amide bonds. The molecule has 1 saturated carbocycles. The average molecular weight is 364 g/mol. The summed E-state index contributed by atoms with van der Waals surface area (Å²) in [5.41, 5.74) is 1.46. The summed E-state index contributed by atoms with van der Waals surface area (Å²) < 4.78 is 37.4. The minimum atomic E-state index is -2.61. The fourth-order valence-corrected chi connectivity index (χ4v) is 3.27. The van der Waals surface area contributed by atoms with Crippen LogP contribution in [0.3, 0.4) is 0 Å². The Kier molecular flexibility index (Phi) is 5.25. The van der Waals surface area contributed by atoms with Gasteiger partial charge in [-0.3, -0.25) is 4.98 Å². The molecule has 3 rings (SSSR count). The number of fused-ring (bicyclic) bond motifs is 1. The molecule has 1 fully saturated rings. The van der Waals surface area contributed by atoms with Crippen LogP contribution in [0, 0.1) is 0 Å². The number of carbonyl (C=O) groups excluding carboxylic acids is 1. The number of para-hydroxylation sites is 1. The van der Waals surface area contributed by atoms with Gasteiger partial charge in [-0.2, -0.15) is 0 Å². The molecule has 0 saturated heterocycles. The number of aromatic nitrogens is 1. The number of benzene rings is 1. The van der Waals surface area contributed by atoms with Gasteiger partial charge in [0, 0.05) is 30.5 Å². The number of nitrogens with zero attached hydrogens (tertiary/aromatic N) is 1. The molecular weight excluding hydrogens is 342 g/mol. The third-order valence-corrected chi connectivity index (χ3v) is 4.64. The second-order valence-corrected chi connectivity index (χ2v) is 6.40. The second kappa shape index (κ2) is 7.43. The van der Waals surface area contributed by atoms with Crippen LogP contribution in [-0.2, 0) is 4.74 Å². The van der Waals surface area contributed by atoms with Crippen molar-refractivity contribution in [3.8, 4) is 5.75 Å². The van der Waals surface area contributed by atoms with Crippen LogP contribution in [0.4, 0.5) is 14.5 Å². The second-order valence-electron chi connectivity index (χ2n) is 6.40. The Morgan fingerprint density at radius 2 is 2.08 bits per heavy atom. The average Bonchev–Trinajstić information content (AvgIpc) is 2.63. The zero-order valence-corrected chi connectivity index (χ0v) is 14.9. The zero-order valence-electron chi connectivity index (χ0n) is 14.9. The van der Waals surface area contributed by atoms with Gasteiger partial charge < -0.3 is 14.8 Å². The molecule has 7 heteroatoms. The molecule has 0 spiro atoms. The van der Waals surface area contributed by atoms with Crippen LogP contribution < -0.4 is 10.1 Å². The van der Waals surface area contributed by atoms with E-state index in [4.69, 9.17) is 9.47 Å². The predicted octanol–water partition coefficient (Wildman–Crippen LogP) is 4.41. The monoisotopic (exact) mass is 364 g/mol. The van der Waals surface area contributed by atoms with Crippen molar-refractivity contribution in [3.05, 3.63) is 30.0 Å². The number of rotatable bonds is 5. The van der Waals surface area contributed by atoms with Gasteiger partial charge in [0.1, 0.15) is 16.8 Å². The van der Waals surface area contributed by atoms with E-state index in [0.717, 1.165) is 0 Å². The Labute approximate surface area is 150 Å². The maximum Gasteiger partial charge on any atom is 0.341 e. The van der Waals surface area contributed by atoms with Gasteiger partial charge >= 0.3 is 5.97 Å². The third-order valence-electron chi connectivity index (χ3n) is 4.64. The van der Waals surface area contributed by atoms with Gasteiger partial charge in [-0.25, -0.2) is 13.6 Å². The lowest BCUT2D eigenvalue weighted by Crippen LogP contribution is -2.32. The van der Waals surface area contributed by atoms with Crippen molar-refractivity contribution in [1.29, 1.82) is 0 Å². The summed E-state index contributed by atoms with van der Waals surface area (Å²) in [7, 11) is 1.55. The number of nitrogens with one attached hydrogen (secondary N) is 1. The van der Waals surface area contributed by atoms with E-state index in [-0.39, 0.29) is 25.5 Å². The largest absolute Gasteiger partial charge is 0.494 e. The van der Waals surface area contributed by atoms with Crippen LogP contribution in [0.15, 0.2) is 24.4 Å². The van der Waals surface area contributed by atoms with Gasteiger partial charge in [0.15, 0.2) is 0 Å². The van der Waals surface area contributed by atoms with Crippen LogP contribution in [0.2, 0.25) is 0 Å². The molecule has 1 aliphatic rings. The molecule has 2 aromatic rings. The number of ether oxygens (including phenoxy) is 2. The van der Waals surface area contributed by atoms with Crippen molar-refractivity contribution in [1.82, 2.24) is 4.98 Å². The summed E-state index contributed by atoms with van der Waals surface area (Å²) >= 11 is 0. The van der Waals surface area contributed by atoms with Crippen molar-refractivity contribution in [2.24, 2.45) is 0 Å². The highest BCUT2D eigenvalue weighted by Gasteiger charge is 2.35. The maximum absolute atomic E-state index is 13.4. The molecule has 0 atom stereocenters. The van der Waals surface area contributed by atoms with Crippen LogP contribution in [0.25, 0.3) is 10.9 Å². The van der Waals surface area contributed by atoms with Crippen LogP contribution in [0.1, 0.15) is 43.0 Å². The van der Waals surface area contributed by atoms with Gasteiger partial charge in [0.2, 0.25) is 5.92 Å². The Morgan fingerprint density at radius 3 is 2.73 bits per heavy atom. The smallest absolute Gasteiger partial charge is 0.341 e. The minimum absolute atomic E-state index is 0.139. The van der Waals surface area contributed by atoms with Gasteiger partial charge in [0.05, 0.1) is 19.4 Å². The summed E-state index contributed by atoms with van der Waals surface area (Å²) in [6.07, 6.45) is 1.80. The molecule has 0 bridgehead atoms. The standard InChI is InChI=1S/C19H22F2N2O3/c1-3-26-18(24)14-11-22-17-13(5-4-6-15(17)25-2)16(14)23-12-7-9-19(20,21)10-8-12/h4-6,11-12H,3,7-10H2,1-2H3,(H,22,23). The number of halogens is 2.